The molecule has 0 saturated heterocycles. The second kappa shape index (κ2) is 8.49. The summed E-state index contributed by atoms with van der Waals surface area (Å²) in [5.41, 5.74) is 3.34. The number of benzene rings is 2. The quantitative estimate of drug-likeness (QED) is 0.265. The zero-order chi connectivity index (χ0) is 24.0. The summed E-state index contributed by atoms with van der Waals surface area (Å²) in [4.78, 5) is 25.3. The van der Waals surface area contributed by atoms with Crippen LogP contribution in [0.4, 0.5) is 0 Å². The summed E-state index contributed by atoms with van der Waals surface area (Å²) in [5.74, 6) is 0.654. The molecule has 0 radical (unpaired) electrons. The minimum atomic E-state index is -0.528. The van der Waals surface area contributed by atoms with E-state index in [2.05, 4.69) is 10.2 Å². The first-order valence-corrected chi connectivity index (χ1v) is 11.6. The van der Waals surface area contributed by atoms with Gasteiger partial charge in [0.1, 0.15) is 5.76 Å². The second-order valence-electron chi connectivity index (χ2n) is 8.02. The van der Waals surface area contributed by atoms with Crippen molar-refractivity contribution < 1.29 is 13.9 Å². The number of carbonyl (C=O) groups excluding carboxylic acids is 1. The Kier molecular flexibility index (Phi) is 5.49. The summed E-state index contributed by atoms with van der Waals surface area (Å²) in [5, 5.41) is 9.85. The van der Waals surface area contributed by atoms with Crippen LogP contribution in [0.5, 0.6) is 0 Å². The average Bonchev–Trinajstić information content (AvgIpc) is 3.49. The summed E-state index contributed by atoms with van der Waals surface area (Å²) < 4.78 is 13.9. The monoisotopic (exact) mass is 474 g/mol. The van der Waals surface area contributed by atoms with Crippen molar-refractivity contribution in [3.8, 4) is 5.69 Å². The number of fused-ring (bicyclic) bond motifs is 3. The molecule has 0 N–H and O–H groups in total. The Morgan fingerprint density at radius 3 is 2.68 bits per heavy atom. The number of aryl methyl sites for hydroxylation is 2. The number of carbonyl (C=O) groups is 1. The standard InChI is InChI=1S/C25H22N4O4S/c1-14-9-10-15(2)19(13-14)28-22(30)17-7-5-6-8-18(17)29-24(28)26-27-25(29)34-16(3)20-11-12-21(33-20)23(31)32-4/h5-13,16H,1-4H3. The van der Waals surface area contributed by atoms with E-state index in [1.807, 2.05) is 67.6 Å². The van der Waals surface area contributed by atoms with Crippen molar-refractivity contribution in [2.24, 2.45) is 0 Å². The fourth-order valence-corrected chi connectivity index (χ4v) is 4.86. The summed E-state index contributed by atoms with van der Waals surface area (Å²) >= 11 is 1.43. The Morgan fingerprint density at radius 2 is 1.88 bits per heavy atom. The predicted octanol–water partition coefficient (Wildman–Crippen LogP) is 4.88. The van der Waals surface area contributed by atoms with E-state index in [0.717, 1.165) is 22.3 Å². The number of furan rings is 1. The van der Waals surface area contributed by atoms with Gasteiger partial charge in [-0.25, -0.2) is 9.36 Å². The van der Waals surface area contributed by atoms with Crippen LogP contribution in [-0.4, -0.2) is 32.2 Å². The first-order valence-electron chi connectivity index (χ1n) is 10.7. The molecule has 172 valence electrons. The van der Waals surface area contributed by atoms with E-state index < -0.39 is 5.97 Å². The van der Waals surface area contributed by atoms with Gasteiger partial charge in [-0.2, -0.15) is 0 Å². The fraction of sp³-hybridized carbons (Fsp3) is 0.200. The topological polar surface area (TPSA) is 91.6 Å². The third kappa shape index (κ3) is 3.58. The summed E-state index contributed by atoms with van der Waals surface area (Å²) in [6.45, 7) is 5.91. The van der Waals surface area contributed by atoms with Gasteiger partial charge in [0.15, 0.2) is 5.16 Å². The zero-order valence-corrected chi connectivity index (χ0v) is 19.9. The Bertz CT molecular complexity index is 1610. The molecule has 1 atom stereocenters. The average molecular weight is 475 g/mol. The highest BCUT2D eigenvalue weighted by atomic mass is 32.2. The summed E-state index contributed by atoms with van der Waals surface area (Å²) in [6.07, 6.45) is 0. The number of para-hydroxylation sites is 1. The molecule has 8 nitrogen and oxygen atoms in total. The normalized spacial score (nSPS) is 12.4. The van der Waals surface area contributed by atoms with Gasteiger partial charge in [0.05, 0.1) is 29.0 Å². The number of aromatic nitrogens is 4. The lowest BCUT2D eigenvalue weighted by atomic mass is 10.1. The van der Waals surface area contributed by atoms with Gasteiger partial charge < -0.3 is 9.15 Å². The first-order chi connectivity index (χ1) is 16.4. The van der Waals surface area contributed by atoms with Crippen molar-refractivity contribution in [2.45, 2.75) is 31.2 Å². The molecule has 0 aliphatic heterocycles. The van der Waals surface area contributed by atoms with E-state index in [1.54, 1.807) is 16.7 Å². The van der Waals surface area contributed by atoms with Gasteiger partial charge in [-0.1, -0.05) is 36.0 Å². The van der Waals surface area contributed by atoms with Crippen molar-refractivity contribution in [3.63, 3.8) is 0 Å². The lowest BCUT2D eigenvalue weighted by molar-refractivity contribution is 0.0563. The number of nitrogens with zero attached hydrogens (tertiary/aromatic N) is 4. The number of ether oxygens (including phenoxy) is 1. The van der Waals surface area contributed by atoms with Crippen molar-refractivity contribution >= 4 is 34.4 Å². The molecule has 0 aliphatic carbocycles. The van der Waals surface area contributed by atoms with Gasteiger partial charge in [0, 0.05) is 0 Å². The number of rotatable bonds is 5. The minimum absolute atomic E-state index is 0.144. The van der Waals surface area contributed by atoms with Gasteiger partial charge in [0.2, 0.25) is 11.5 Å². The van der Waals surface area contributed by atoms with E-state index in [9.17, 15) is 9.59 Å². The molecule has 0 fully saturated rings. The molecule has 0 amide bonds. The second-order valence-corrected chi connectivity index (χ2v) is 9.33. The van der Waals surface area contributed by atoms with E-state index in [0.29, 0.717) is 22.1 Å². The molecule has 5 rings (SSSR count). The van der Waals surface area contributed by atoms with Crippen LogP contribution in [0.2, 0.25) is 0 Å². The van der Waals surface area contributed by atoms with Gasteiger partial charge in [-0.15, -0.1) is 10.2 Å². The maximum atomic E-state index is 13.6. The predicted molar refractivity (Wildman–Crippen MR) is 130 cm³/mol. The van der Waals surface area contributed by atoms with Crippen LogP contribution in [-0.2, 0) is 4.74 Å². The van der Waals surface area contributed by atoms with Crippen LogP contribution in [0, 0.1) is 13.8 Å². The van der Waals surface area contributed by atoms with Crippen molar-refractivity contribution in [3.05, 3.63) is 87.6 Å². The van der Waals surface area contributed by atoms with E-state index in [-0.39, 0.29) is 16.6 Å². The maximum absolute atomic E-state index is 13.6. The Hall–Kier alpha value is -3.85. The number of esters is 1. The highest BCUT2D eigenvalue weighted by Gasteiger charge is 2.22. The number of thioether (sulfide) groups is 1. The molecule has 0 bridgehead atoms. The number of hydrogen-bond acceptors (Lipinski definition) is 7. The summed E-state index contributed by atoms with van der Waals surface area (Å²) in [6, 6.07) is 16.8. The van der Waals surface area contributed by atoms with Crippen LogP contribution >= 0.6 is 11.8 Å². The highest BCUT2D eigenvalue weighted by molar-refractivity contribution is 7.99. The zero-order valence-electron chi connectivity index (χ0n) is 19.1. The largest absolute Gasteiger partial charge is 0.463 e. The molecular weight excluding hydrogens is 452 g/mol. The van der Waals surface area contributed by atoms with Crippen LogP contribution in [0.15, 0.2) is 69.0 Å². The van der Waals surface area contributed by atoms with Gasteiger partial charge >= 0.3 is 5.97 Å². The lowest BCUT2D eigenvalue weighted by Crippen LogP contribution is -2.22. The van der Waals surface area contributed by atoms with Crippen LogP contribution in [0.3, 0.4) is 0 Å². The molecule has 2 aromatic carbocycles. The lowest BCUT2D eigenvalue weighted by Gasteiger charge is -2.14. The molecule has 9 heteroatoms. The van der Waals surface area contributed by atoms with Crippen molar-refractivity contribution in [1.82, 2.24) is 19.2 Å². The molecule has 3 aromatic heterocycles. The molecule has 0 spiro atoms. The van der Waals surface area contributed by atoms with E-state index >= 15 is 0 Å². The molecule has 34 heavy (non-hydrogen) atoms. The number of methoxy groups -OCH3 is 1. The Morgan fingerprint density at radius 1 is 1.09 bits per heavy atom. The van der Waals surface area contributed by atoms with Crippen LogP contribution < -0.4 is 5.56 Å². The number of hydrogen-bond donors (Lipinski definition) is 0. The molecule has 0 saturated carbocycles. The van der Waals surface area contributed by atoms with Gasteiger partial charge in [-0.05, 0) is 62.2 Å². The maximum Gasteiger partial charge on any atom is 0.373 e. The first kappa shape index (κ1) is 22.0. The van der Waals surface area contributed by atoms with Crippen molar-refractivity contribution in [1.29, 1.82) is 0 Å². The van der Waals surface area contributed by atoms with Gasteiger partial charge in [0.25, 0.3) is 5.56 Å². The summed E-state index contributed by atoms with van der Waals surface area (Å²) in [7, 11) is 1.31. The molecule has 1 unspecified atom stereocenters. The molecule has 0 aliphatic rings. The molecule has 5 aromatic rings. The van der Waals surface area contributed by atoms with Crippen LogP contribution in [0.25, 0.3) is 22.4 Å². The van der Waals surface area contributed by atoms with Gasteiger partial charge in [-0.3, -0.25) is 9.20 Å². The minimum Gasteiger partial charge on any atom is -0.463 e. The van der Waals surface area contributed by atoms with E-state index in [1.165, 1.54) is 18.9 Å². The van der Waals surface area contributed by atoms with Crippen molar-refractivity contribution in [2.75, 3.05) is 7.11 Å². The van der Waals surface area contributed by atoms with Crippen LogP contribution in [0.1, 0.15) is 39.6 Å². The Labute approximate surface area is 199 Å². The SMILES string of the molecule is COC(=O)c1ccc(C(C)Sc2nnc3n(-c4cc(C)ccc4C)c(=O)c4ccccc4n23)o1. The Balaban J connectivity index is 1.69. The highest BCUT2D eigenvalue weighted by Crippen LogP contribution is 2.36. The fourth-order valence-electron chi connectivity index (χ4n) is 3.93. The smallest absolute Gasteiger partial charge is 0.373 e. The third-order valence-corrected chi connectivity index (χ3v) is 6.76. The molecular formula is C25H22N4O4S. The van der Waals surface area contributed by atoms with E-state index in [4.69, 9.17) is 9.15 Å². The molecule has 3 heterocycles. The third-order valence-electron chi connectivity index (χ3n) is 5.70.